The molecule has 2 aromatic rings. The van der Waals surface area contributed by atoms with Crippen LogP contribution in [-0.2, 0) is 6.61 Å². The molecule has 37 heavy (non-hydrogen) atoms. The molecule has 198 valence electrons. The zero-order chi connectivity index (χ0) is 27.9. The highest BCUT2D eigenvalue weighted by Crippen LogP contribution is 2.27. The molecule has 0 aliphatic rings. The average molecular weight is 534 g/mol. The van der Waals surface area contributed by atoms with Crippen molar-refractivity contribution in [3.05, 3.63) is 86.7 Å². The van der Waals surface area contributed by atoms with Gasteiger partial charge in [-0.2, -0.15) is 0 Å². The van der Waals surface area contributed by atoms with Gasteiger partial charge in [0.1, 0.15) is 41.2 Å². The van der Waals surface area contributed by atoms with E-state index in [2.05, 4.69) is 21.9 Å². The number of aliphatic imine (C=N–C) groups is 1. The van der Waals surface area contributed by atoms with Crippen LogP contribution in [0.25, 0.3) is 5.70 Å². The van der Waals surface area contributed by atoms with E-state index in [1.807, 2.05) is 0 Å². The van der Waals surface area contributed by atoms with Gasteiger partial charge >= 0.3 is 0 Å². The maximum absolute atomic E-state index is 13.9. The Morgan fingerprint density at radius 3 is 2.65 bits per heavy atom. The average Bonchev–Trinajstić information content (AvgIpc) is 2.80. The topological polar surface area (TPSA) is 113 Å². The van der Waals surface area contributed by atoms with Crippen LogP contribution >= 0.6 is 11.6 Å². The van der Waals surface area contributed by atoms with Crippen LogP contribution in [0.4, 0.5) is 8.78 Å². The van der Waals surface area contributed by atoms with Crippen molar-refractivity contribution in [2.75, 3.05) is 6.67 Å². The normalized spacial score (nSPS) is 12.7. The molecule has 0 unspecified atom stereocenters. The number of hydrogen-bond donors (Lipinski definition) is 3. The number of nitrogens with zero attached hydrogens (tertiary/aromatic N) is 3. The molecule has 2 rings (SSSR count). The van der Waals surface area contributed by atoms with Crippen molar-refractivity contribution in [1.29, 1.82) is 5.41 Å². The smallest absolute Gasteiger partial charge is 0.277 e. The van der Waals surface area contributed by atoms with E-state index in [9.17, 15) is 18.7 Å². The molecule has 2 heterocycles. The van der Waals surface area contributed by atoms with Crippen LogP contribution in [0.2, 0.25) is 5.02 Å². The van der Waals surface area contributed by atoms with Crippen molar-refractivity contribution >= 4 is 29.2 Å². The van der Waals surface area contributed by atoms with Gasteiger partial charge in [0, 0.05) is 24.0 Å². The lowest BCUT2D eigenvalue weighted by atomic mass is 10.0. The van der Waals surface area contributed by atoms with Gasteiger partial charge in [-0.25, -0.2) is 8.78 Å². The number of rotatable bonds is 11. The van der Waals surface area contributed by atoms with Gasteiger partial charge in [0.2, 0.25) is 0 Å². The number of aryl methyl sites for hydroxylation is 1. The fourth-order valence-electron chi connectivity index (χ4n) is 3.16. The molecule has 0 aromatic carbocycles. The highest BCUT2D eigenvalue weighted by Gasteiger charge is 2.18. The van der Waals surface area contributed by atoms with Gasteiger partial charge in [-0.05, 0) is 58.0 Å². The number of nitrogens with one attached hydrogen (secondary N) is 2. The molecule has 0 fully saturated rings. The third kappa shape index (κ3) is 7.93. The van der Waals surface area contributed by atoms with Gasteiger partial charge in [0.05, 0.1) is 17.6 Å². The first-order chi connectivity index (χ1) is 17.2. The molecule has 2 aromatic heterocycles. The second kappa shape index (κ2) is 12.6. The minimum absolute atomic E-state index is 0.0333. The van der Waals surface area contributed by atoms with E-state index in [1.54, 1.807) is 27.0 Å². The Morgan fingerprint density at radius 1 is 1.38 bits per heavy atom. The largest absolute Gasteiger partial charge is 0.485 e. The Kier molecular flexibility index (Phi) is 10.0. The molecule has 0 saturated carbocycles. The lowest BCUT2D eigenvalue weighted by molar-refractivity contribution is 0.154. The lowest BCUT2D eigenvalue weighted by Gasteiger charge is -2.18. The van der Waals surface area contributed by atoms with E-state index in [0.29, 0.717) is 28.6 Å². The van der Waals surface area contributed by atoms with Gasteiger partial charge in [0.15, 0.2) is 5.82 Å². The van der Waals surface area contributed by atoms with Crippen LogP contribution in [0.5, 0.6) is 5.75 Å². The predicted octanol–water partition coefficient (Wildman–Crippen LogP) is 4.79. The molecule has 0 saturated heterocycles. The fourth-order valence-corrected chi connectivity index (χ4v) is 3.35. The number of aliphatic hydroxyl groups is 1. The first-order valence-electron chi connectivity index (χ1n) is 11.2. The van der Waals surface area contributed by atoms with Crippen molar-refractivity contribution in [1.82, 2.24) is 14.9 Å². The highest BCUT2D eigenvalue weighted by atomic mass is 35.5. The Hall–Kier alpha value is -3.63. The zero-order valence-electron chi connectivity index (χ0n) is 21.3. The maximum Gasteiger partial charge on any atom is 0.277 e. The standard InChI is InChI=1S/C26H30ClF2N5O3/c1-15(2)24(16(3)11-32-14-31-8-7-22(30)26(5,6)36)34-17(4)9-21(23(27)25(34)35)37-13-20-19(29)10-18(28)12-33-20/h7-12,30-31,36H,1,13-14H2,2-6H3/b8-7-,24-16+,30-22?,32-11-. The first-order valence-corrected chi connectivity index (χ1v) is 11.5. The van der Waals surface area contributed by atoms with Crippen LogP contribution in [0.1, 0.15) is 39.1 Å². The summed E-state index contributed by atoms with van der Waals surface area (Å²) in [4.78, 5) is 21.1. The van der Waals surface area contributed by atoms with Crippen molar-refractivity contribution in [3.63, 3.8) is 0 Å². The van der Waals surface area contributed by atoms with Crippen LogP contribution in [0, 0.1) is 24.0 Å². The molecule has 8 nitrogen and oxygen atoms in total. The second-order valence-electron chi connectivity index (χ2n) is 8.77. The monoisotopic (exact) mass is 533 g/mol. The summed E-state index contributed by atoms with van der Waals surface area (Å²) in [6.07, 6.45) is 5.39. The summed E-state index contributed by atoms with van der Waals surface area (Å²) in [7, 11) is 0. The quantitative estimate of drug-likeness (QED) is 0.218. The molecule has 0 radical (unpaired) electrons. The van der Waals surface area contributed by atoms with Crippen LogP contribution in [0.15, 0.2) is 58.1 Å². The third-order valence-corrected chi connectivity index (χ3v) is 5.39. The minimum atomic E-state index is -1.24. The number of ether oxygens (including phenoxy) is 1. The SMILES string of the molecule is C=C(C)/C(=C(C)\C=N/CN/C=C\C(=N)C(C)(C)O)n1c(C)cc(OCc2ncc(F)cc2F)c(Cl)c1=O. The van der Waals surface area contributed by atoms with E-state index in [4.69, 9.17) is 21.7 Å². The van der Waals surface area contributed by atoms with E-state index in [1.165, 1.54) is 36.8 Å². The maximum atomic E-state index is 13.9. The zero-order valence-corrected chi connectivity index (χ0v) is 22.1. The molecule has 0 spiro atoms. The Balaban J connectivity index is 2.27. The highest BCUT2D eigenvalue weighted by molar-refractivity contribution is 6.31. The minimum Gasteiger partial charge on any atom is -0.485 e. The van der Waals surface area contributed by atoms with E-state index < -0.39 is 22.8 Å². The Bertz CT molecular complexity index is 1340. The van der Waals surface area contributed by atoms with Gasteiger partial charge in [-0.1, -0.05) is 18.2 Å². The summed E-state index contributed by atoms with van der Waals surface area (Å²) < 4.78 is 33.9. The molecule has 3 N–H and O–H groups in total. The number of allylic oxidation sites excluding steroid dienone is 3. The fraction of sp³-hybridized carbons (Fsp3) is 0.308. The lowest BCUT2D eigenvalue weighted by Crippen LogP contribution is -2.29. The number of hydrogen-bond acceptors (Lipinski definition) is 7. The number of aromatic nitrogens is 2. The summed E-state index contributed by atoms with van der Waals surface area (Å²) in [5, 5.41) is 20.1. The molecule has 0 aliphatic heterocycles. The van der Waals surface area contributed by atoms with Crippen LogP contribution in [-0.4, -0.2) is 38.9 Å². The van der Waals surface area contributed by atoms with Crippen molar-refractivity contribution in [3.8, 4) is 5.75 Å². The first kappa shape index (κ1) is 29.6. The van der Waals surface area contributed by atoms with Gasteiger partial charge in [0.25, 0.3) is 5.56 Å². The van der Waals surface area contributed by atoms with Crippen LogP contribution < -0.4 is 15.6 Å². The number of pyridine rings is 2. The van der Waals surface area contributed by atoms with Gasteiger partial charge in [-0.3, -0.25) is 19.3 Å². The van der Waals surface area contributed by atoms with Crippen molar-refractivity contribution < 1.29 is 18.6 Å². The van der Waals surface area contributed by atoms with Crippen molar-refractivity contribution in [2.24, 2.45) is 4.99 Å². The number of halogens is 3. The summed E-state index contributed by atoms with van der Waals surface area (Å²) in [5.41, 5.74) is 0.299. The second-order valence-corrected chi connectivity index (χ2v) is 9.15. The summed E-state index contributed by atoms with van der Waals surface area (Å²) >= 11 is 6.30. The van der Waals surface area contributed by atoms with Gasteiger partial charge < -0.3 is 20.6 Å². The molecular weight excluding hydrogens is 504 g/mol. The van der Waals surface area contributed by atoms with E-state index in [0.717, 1.165) is 6.20 Å². The molecule has 0 amide bonds. The molecule has 0 bridgehead atoms. The Morgan fingerprint density at radius 2 is 2.05 bits per heavy atom. The molecule has 0 aliphatic carbocycles. The predicted molar refractivity (Wildman–Crippen MR) is 142 cm³/mol. The van der Waals surface area contributed by atoms with Crippen molar-refractivity contribution in [2.45, 2.75) is 46.8 Å². The molecule has 11 heteroatoms. The van der Waals surface area contributed by atoms with Gasteiger partial charge in [-0.15, -0.1) is 0 Å². The van der Waals surface area contributed by atoms with E-state index in [-0.39, 0.29) is 35.5 Å². The molecular formula is C26H30ClF2N5O3. The molecule has 0 atom stereocenters. The van der Waals surface area contributed by atoms with Crippen LogP contribution in [0.3, 0.4) is 0 Å². The summed E-state index contributed by atoms with van der Waals surface area (Å²) in [5.74, 6) is -1.65. The van der Waals surface area contributed by atoms with E-state index >= 15 is 0 Å². The Labute approximate surface area is 219 Å². The summed E-state index contributed by atoms with van der Waals surface area (Å²) in [6, 6.07) is 2.22. The summed E-state index contributed by atoms with van der Waals surface area (Å²) in [6.45, 7) is 12.0. The third-order valence-electron chi connectivity index (χ3n) is 5.04.